The molecule has 1 saturated carbocycles. The van der Waals surface area contributed by atoms with Crippen LogP contribution in [0.5, 0.6) is 0 Å². The Hall–Kier alpha value is -4.17. The number of piperazine rings is 1. The molecule has 4 heterocycles. The van der Waals surface area contributed by atoms with E-state index >= 15 is 0 Å². The van der Waals surface area contributed by atoms with Crippen molar-refractivity contribution in [3.63, 3.8) is 0 Å². The number of carbonyl (C=O) groups excluding carboxylic acids is 1. The van der Waals surface area contributed by atoms with Crippen LogP contribution < -0.4 is 15.5 Å². The molecule has 2 saturated heterocycles. The molecule has 40 heavy (non-hydrogen) atoms. The summed E-state index contributed by atoms with van der Waals surface area (Å²) in [5, 5.41) is 21.2. The maximum absolute atomic E-state index is 13.2. The van der Waals surface area contributed by atoms with Crippen LogP contribution in [-0.2, 0) is 9.53 Å². The second kappa shape index (κ2) is 10.4. The average molecular weight is 562 g/mol. The lowest BCUT2D eigenvalue weighted by atomic mass is 10.0. The normalized spacial score (nSPS) is 19.5. The molecule has 0 radical (unpaired) electrons. The summed E-state index contributed by atoms with van der Waals surface area (Å²) in [6.45, 7) is 10.4. The number of halogens is 1. The second-order valence-corrected chi connectivity index (χ2v) is 10.8. The molecule has 1 aromatic carbocycles. The van der Waals surface area contributed by atoms with E-state index in [0.717, 1.165) is 12.8 Å². The number of benzene rings is 1. The summed E-state index contributed by atoms with van der Waals surface area (Å²) < 4.78 is 6.84. The summed E-state index contributed by atoms with van der Waals surface area (Å²) in [4.78, 5) is 31.5. The lowest BCUT2D eigenvalue weighted by Crippen LogP contribution is -2.65. The van der Waals surface area contributed by atoms with Gasteiger partial charge in [-0.25, -0.2) is 4.98 Å². The Morgan fingerprint density at radius 2 is 2.10 bits per heavy atom. The molecule has 14 heteroatoms. The van der Waals surface area contributed by atoms with Gasteiger partial charge in [-0.05, 0) is 25.0 Å². The van der Waals surface area contributed by atoms with E-state index in [4.69, 9.17) is 22.9 Å². The quantitative estimate of drug-likeness (QED) is 0.415. The lowest BCUT2D eigenvalue weighted by Gasteiger charge is -2.48. The Morgan fingerprint density at radius 3 is 2.75 bits per heavy atom. The number of nitriles is 1. The molecule has 2 aliphatic heterocycles. The number of hydrogen-bond donors (Lipinski definition) is 2. The number of imidazole rings is 1. The Morgan fingerprint density at radius 1 is 1.30 bits per heavy atom. The van der Waals surface area contributed by atoms with Crippen LogP contribution in [0.15, 0.2) is 18.3 Å². The van der Waals surface area contributed by atoms with Crippen molar-refractivity contribution < 1.29 is 9.53 Å². The number of aromatic nitrogens is 4. The van der Waals surface area contributed by atoms with Gasteiger partial charge in [0.25, 0.3) is 17.4 Å². The average Bonchev–Trinajstić information content (AvgIpc) is 3.64. The summed E-state index contributed by atoms with van der Waals surface area (Å²) >= 11 is 6.96. The van der Waals surface area contributed by atoms with Crippen molar-refractivity contribution >= 4 is 52.1 Å². The van der Waals surface area contributed by atoms with Gasteiger partial charge in [-0.2, -0.15) is 10.2 Å². The topological polar surface area (TPSA) is 131 Å². The molecule has 2 N–H and O–H groups in total. The molecule has 1 amide bonds. The van der Waals surface area contributed by atoms with Gasteiger partial charge in [0, 0.05) is 39.8 Å². The van der Waals surface area contributed by atoms with Crippen LogP contribution in [0.3, 0.4) is 0 Å². The van der Waals surface area contributed by atoms with Crippen molar-refractivity contribution in [2.75, 3.05) is 62.5 Å². The zero-order valence-electron chi connectivity index (χ0n) is 22.1. The lowest BCUT2D eigenvalue weighted by molar-refractivity contribution is -0.142. The van der Waals surface area contributed by atoms with Gasteiger partial charge in [0.15, 0.2) is 5.82 Å². The molecule has 6 rings (SSSR count). The van der Waals surface area contributed by atoms with Gasteiger partial charge in [-0.15, -0.1) is 4.52 Å². The standard InChI is InChI=1S/C26H28ClN11O2/c1-29-21-11-30-24-23(31-16-4-5-16)33-26(34-38(21)24)32-18-8-15(10-28)9-19(22(18)27)36-6-7-37(17-13-40-14-17)20(12-36)25(39)35(2)3/h8-9,11,16-17,20H,4-7,12-14H2,2-3H3,(H2,31,32,33,34). The fourth-order valence-corrected chi connectivity index (χ4v) is 5.29. The zero-order valence-corrected chi connectivity index (χ0v) is 22.9. The van der Waals surface area contributed by atoms with Crippen LogP contribution in [0.1, 0.15) is 18.4 Å². The van der Waals surface area contributed by atoms with Crippen LogP contribution in [0, 0.1) is 17.9 Å². The molecule has 1 unspecified atom stereocenters. The SMILES string of the molecule is [C-]#[N+]c1cnc2c(NC3CC3)nc(Nc3cc(C#N)cc(N4CCN(C5COC5)C(C(=O)N(C)C)C4)c3Cl)nn12. The number of carbonyl (C=O) groups is 1. The fourth-order valence-electron chi connectivity index (χ4n) is 5.02. The number of nitrogens with zero attached hydrogens (tertiary/aromatic N) is 9. The van der Waals surface area contributed by atoms with Crippen LogP contribution in [0.4, 0.5) is 29.0 Å². The first-order chi connectivity index (χ1) is 19.4. The minimum atomic E-state index is -0.369. The maximum Gasteiger partial charge on any atom is 0.275 e. The first kappa shape index (κ1) is 26.1. The van der Waals surface area contributed by atoms with Crippen LogP contribution in [0.25, 0.3) is 10.5 Å². The highest BCUT2D eigenvalue weighted by atomic mass is 35.5. The summed E-state index contributed by atoms with van der Waals surface area (Å²) in [5.41, 5.74) is 1.95. The summed E-state index contributed by atoms with van der Waals surface area (Å²) in [7, 11) is 3.51. The number of nitrogens with one attached hydrogen (secondary N) is 2. The van der Waals surface area contributed by atoms with E-state index in [9.17, 15) is 10.1 Å². The van der Waals surface area contributed by atoms with Gasteiger partial charge in [-0.3, -0.25) is 9.69 Å². The summed E-state index contributed by atoms with van der Waals surface area (Å²) in [6.07, 6.45) is 3.53. The van der Waals surface area contributed by atoms with Gasteiger partial charge < -0.3 is 30.0 Å². The van der Waals surface area contributed by atoms with E-state index in [-0.39, 0.29) is 29.8 Å². The molecule has 3 aromatic rings. The smallest absolute Gasteiger partial charge is 0.275 e. The Bertz CT molecular complexity index is 1550. The number of rotatable bonds is 7. The van der Waals surface area contributed by atoms with Gasteiger partial charge >= 0.3 is 0 Å². The summed E-state index contributed by atoms with van der Waals surface area (Å²) in [6, 6.07) is 5.74. The predicted molar refractivity (Wildman–Crippen MR) is 149 cm³/mol. The van der Waals surface area contributed by atoms with E-state index in [0.29, 0.717) is 72.3 Å². The zero-order chi connectivity index (χ0) is 28.0. The van der Waals surface area contributed by atoms with Crippen molar-refractivity contribution in [2.45, 2.75) is 31.0 Å². The molecule has 206 valence electrons. The number of fused-ring (bicyclic) bond motifs is 1. The number of ether oxygens (including phenoxy) is 1. The first-order valence-corrected chi connectivity index (χ1v) is 13.4. The highest BCUT2D eigenvalue weighted by molar-refractivity contribution is 6.36. The predicted octanol–water partition coefficient (Wildman–Crippen LogP) is 2.50. The Balaban J connectivity index is 1.34. The van der Waals surface area contributed by atoms with Crippen molar-refractivity contribution in [1.29, 1.82) is 5.26 Å². The van der Waals surface area contributed by atoms with Crippen LogP contribution in [0.2, 0.25) is 5.02 Å². The molecule has 0 spiro atoms. The first-order valence-electron chi connectivity index (χ1n) is 13.1. The third kappa shape index (κ3) is 4.84. The minimum Gasteiger partial charge on any atom is -0.378 e. The Labute approximate surface area is 236 Å². The van der Waals surface area contributed by atoms with E-state index in [1.54, 1.807) is 31.1 Å². The van der Waals surface area contributed by atoms with Crippen molar-refractivity contribution in [3.8, 4) is 6.07 Å². The highest BCUT2D eigenvalue weighted by Gasteiger charge is 2.40. The van der Waals surface area contributed by atoms with Crippen LogP contribution >= 0.6 is 11.6 Å². The third-order valence-electron chi connectivity index (χ3n) is 7.38. The van der Waals surface area contributed by atoms with E-state index in [1.165, 1.54) is 10.7 Å². The molecule has 1 atom stereocenters. The number of hydrogen-bond acceptors (Lipinski definition) is 10. The molecule has 3 aliphatic rings. The second-order valence-electron chi connectivity index (χ2n) is 10.4. The minimum absolute atomic E-state index is 0.0100. The fraction of sp³-hybridized carbons (Fsp3) is 0.462. The molecule has 0 bridgehead atoms. The number of amides is 1. The van der Waals surface area contributed by atoms with E-state index < -0.39 is 0 Å². The van der Waals surface area contributed by atoms with Gasteiger partial charge in [-0.1, -0.05) is 23.3 Å². The third-order valence-corrected chi connectivity index (χ3v) is 7.78. The van der Waals surface area contributed by atoms with Crippen molar-refractivity contribution in [3.05, 3.63) is 40.3 Å². The van der Waals surface area contributed by atoms with E-state index in [1.807, 2.05) is 4.90 Å². The largest absolute Gasteiger partial charge is 0.378 e. The molecule has 1 aliphatic carbocycles. The van der Waals surface area contributed by atoms with Gasteiger partial charge in [0.05, 0.1) is 53.5 Å². The van der Waals surface area contributed by atoms with Crippen molar-refractivity contribution in [1.82, 2.24) is 29.4 Å². The van der Waals surface area contributed by atoms with Crippen molar-refractivity contribution in [2.24, 2.45) is 0 Å². The summed E-state index contributed by atoms with van der Waals surface area (Å²) in [5.74, 6) is 0.986. The van der Waals surface area contributed by atoms with Gasteiger partial charge in [0.1, 0.15) is 6.04 Å². The molecule has 2 aromatic heterocycles. The van der Waals surface area contributed by atoms with Crippen LogP contribution in [-0.4, -0.2) is 100 Å². The Kier molecular flexibility index (Phi) is 6.80. The molecular weight excluding hydrogens is 534 g/mol. The van der Waals surface area contributed by atoms with E-state index in [2.05, 4.69) is 41.5 Å². The number of anilines is 4. The molecule has 13 nitrogen and oxygen atoms in total. The maximum atomic E-state index is 13.2. The monoisotopic (exact) mass is 561 g/mol. The van der Waals surface area contributed by atoms with Gasteiger partial charge in [0.2, 0.25) is 5.91 Å². The molecular formula is C26H28ClN11O2. The molecule has 3 fully saturated rings. The number of likely N-dealkylation sites (N-methyl/N-ethyl adjacent to an activating group) is 1. The highest BCUT2D eigenvalue weighted by Crippen LogP contribution is 2.38.